The van der Waals surface area contributed by atoms with Gasteiger partial charge in [-0.15, -0.1) is 0 Å². The maximum Gasteiger partial charge on any atom is 0.285 e. The minimum absolute atomic E-state index is 0.0626. The van der Waals surface area contributed by atoms with Crippen molar-refractivity contribution < 1.29 is 26.4 Å². The zero-order valence-electron chi connectivity index (χ0n) is 17.5. The predicted octanol–water partition coefficient (Wildman–Crippen LogP) is 2.26. The topological polar surface area (TPSA) is 130 Å². The Kier molecular flexibility index (Phi) is 6.70. The van der Waals surface area contributed by atoms with Crippen LogP contribution in [0.5, 0.6) is 0 Å². The zero-order chi connectivity index (χ0) is 23.5. The van der Waals surface area contributed by atoms with Crippen LogP contribution in [0.3, 0.4) is 0 Å². The van der Waals surface area contributed by atoms with E-state index in [2.05, 4.69) is 5.32 Å². The van der Waals surface area contributed by atoms with Crippen LogP contribution in [0.1, 0.15) is 32.3 Å². The van der Waals surface area contributed by atoms with Crippen LogP contribution in [0.25, 0.3) is 4.91 Å². The van der Waals surface area contributed by atoms with E-state index in [1.807, 2.05) is 11.6 Å². The Hall–Kier alpha value is -3.18. The molecule has 0 aliphatic carbocycles. The molecule has 1 aliphatic heterocycles. The largest absolute Gasteiger partial charge is 0.350 e. The van der Waals surface area contributed by atoms with Gasteiger partial charge in [0.25, 0.3) is 26.0 Å². The summed E-state index contributed by atoms with van der Waals surface area (Å²) in [6.45, 7) is 3.04. The summed E-state index contributed by atoms with van der Waals surface area (Å²) in [5.74, 6) is -1.40. The summed E-state index contributed by atoms with van der Waals surface area (Å²) in [6, 6.07) is 13.6. The van der Waals surface area contributed by atoms with Crippen molar-refractivity contribution in [2.24, 2.45) is 0 Å². The number of anilines is 1. The van der Waals surface area contributed by atoms with Gasteiger partial charge in [0.2, 0.25) is 5.91 Å². The van der Waals surface area contributed by atoms with Crippen molar-refractivity contribution in [3.63, 3.8) is 0 Å². The summed E-state index contributed by atoms with van der Waals surface area (Å²) < 4.78 is 53.3. The van der Waals surface area contributed by atoms with Crippen LogP contribution < -0.4 is 10.0 Å². The lowest BCUT2D eigenvalue weighted by atomic mass is 10.1. The smallest absolute Gasteiger partial charge is 0.285 e. The monoisotopic (exact) mass is 477 g/mol. The minimum atomic E-state index is -4.06. The second kappa shape index (κ2) is 9.13. The normalized spacial score (nSPS) is 15.7. The summed E-state index contributed by atoms with van der Waals surface area (Å²) in [6.07, 6.45) is 1.24. The molecule has 3 rings (SSSR count). The van der Waals surface area contributed by atoms with Gasteiger partial charge in [0.15, 0.2) is 0 Å². The summed E-state index contributed by atoms with van der Waals surface area (Å²) in [5.41, 5.74) is 0.577. The van der Waals surface area contributed by atoms with Crippen molar-refractivity contribution >= 4 is 42.5 Å². The van der Waals surface area contributed by atoms with Gasteiger partial charge in [0.1, 0.15) is 10.6 Å². The molecule has 170 valence electrons. The Morgan fingerprint density at radius 2 is 1.66 bits per heavy atom. The average Bonchev–Trinajstić information content (AvgIpc) is 2.91. The van der Waals surface area contributed by atoms with E-state index in [0.717, 1.165) is 11.2 Å². The molecule has 9 nitrogen and oxygen atoms in total. The quantitative estimate of drug-likeness (QED) is 0.596. The number of carbonyl (C=O) groups excluding carboxylic acids is 2. The highest BCUT2D eigenvalue weighted by molar-refractivity contribution is 7.99. The number of unbranched alkanes of at least 4 members (excludes halogenated alkanes) is 1. The fraction of sp³-hybridized carbons (Fsp3) is 0.238. The molecule has 11 heteroatoms. The van der Waals surface area contributed by atoms with Gasteiger partial charge in [-0.2, -0.15) is 0 Å². The first kappa shape index (κ1) is 23.5. The fourth-order valence-electron chi connectivity index (χ4n) is 3.20. The summed E-state index contributed by atoms with van der Waals surface area (Å²) in [7, 11) is -8.08. The van der Waals surface area contributed by atoms with Crippen LogP contribution in [-0.4, -0.2) is 39.5 Å². The van der Waals surface area contributed by atoms with Gasteiger partial charge in [-0.3, -0.25) is 9.59 Å². The van der Waals surface area contributed by atoms with Crippen LogP contribution in [0.2, 0.25) is 0 Å². The van der Waals surface area contributed by atoms with E-state index in [4.69, 9.17) is 0 Å². The van der Waals surface area contributed by atoms with Crippen molar-refractivity contribution in [2.45, 2.75) is 31.6 Å². The number of sulfonamides is 2. The molecule has 1 heterocycles. The Morgan fingerprint density at radius 1 is 1.03 bits per heavy atom. The predicted molar refractivity (Wildman–Crippen MR) is 120 cm³/mol. The maximum atomic E-state index is 13.2. The lowest BCUT2D eigenvalue weighted by Gasteiger charge is -2.16. The van der Waals surface area contributed by atoms with E-state index in [9.17, 15) is 26.4 Å². The highest BCUT2D eigenvalue weighted by Crippen LogP contribution is 2.36. The van der Waals surface area contributed by atoms with Crippen molar-refractivity contribution in [3.8, 4) is 0 Å². The molecule has 0 aromatic heterocycles. The summed E-state index contributed by atoms with van der Waals surface area (Å²) >= 11 is 0. The molecular weight excluding hydrogens is 454 g/mol. The maximum absolute atomic E-state index is 13.2. The molecule has 2 aromatic rings. The summed E-state index contributed by atoms with van der Waals surface area (Å²) in [4.78, 5) is 23.9. The van der Waals surface area contributed by atoms with E-state index in [0.29, 0.717) is 24.1 Å². The average molecular weight is 478 g/mol. The van der Waals surface area contributed by atoms with Crippen molar-refractivity contribution in [2.75, 3.05) is 11.9 Å². The first-order valence-electron chi connectivity index (χ1n) is 9.85. The molecule has 0 unspecified atom stereocenters. The van der Waals surface area contributed by atoms with Crippen LogP contribution >= 0.6 is 0 Å². The molecule has 0 spiro atoms. The molecule has 0 saturated heterocycles. The second-order valence-corrected chi connectivity index (χ2v) is 10.6. The minimum Gasteiger partial charge on any atom is -0.350 e. The molecular formula is C21H23N3O6S2. The van der Waals surface area contributed by atoms with E-state index < -0.39 is 31.9 Å². The van der Waals surface area contributed by atoms with Crippen molar-refractivity contribution in [1.82, 2.24) is 9.03 Å². The third kappa shape index (κ3) is 4.68. The second-order valence-electron chi connectivity index (χ2n) is 7.12. The van der Waals surface area contributed by atoms with Gasteiger partial charge in [0.05, 0.1) is 4.90 Å². The Bertz CT molecular complexity index is 1270. The van der Waals surface area contributed by atoms with Gasteiger partial charge in [-0.1, -0.05) is 43.7 Å². The number of nitrogens with one attached hydrogen (secondary N) is 2. The summed E-state index contributed by atoms with van der Waals surface area (Å²) in [5, 5.41) is 2.85. The fourth-order valence-corrected chi connectivity index (χ4v) is 5.92. The Balaban J connectivity index is 2.01. The highest BCUT2D eigenvalue weighted by Gasteiger charge is 2.44. The lowest BCUT2D eigenvalue weighted by molar-refractivity contribution is -0.122. The van der Waals surface area contributed by atoms with Gasteiger partial charge in [0, 0.05) is 19.2 Å². The number of hydrogen-bond acceptors (Lipinski definition) is 7. The van der Waals surface area contributed by atoms with Crippen molar-refractivity contribution in [1.29, 1.82) is 0 Å². The SMILES string of the molecule is CCCCN1C(=O)C(Nc2ccc(S(=O)(=O)NC(C)=O)cc2)=C(c2ccccc2)S1(=O)=O. The third-order valence-corrected chi connectivity index (χ3v) is 8.01. The molecule has 0 fully saturated rings. The molecule has 32 heavy (non-hydrogen) atoms. The number of benzene rings is 2. The van der Waals surface area contributed by atoms with Gasteiger partial charge in [-0.05, 0) is 36.2 Å². The number of carbonyl (C=O) groups is 2. The molecule has 0 radical (unpaired) electrons. The molecule has 0 saturated carbocycles. The van der Waals surface area contributed by atoms with Crippen LogP contribution in [0.15, 0.2) is 65.2 Å². The van der Waals surface area contributed by atoms with Crippen LogP contribution in [0.4, 0.5) is 5.69 Å². The van der Waals surface area contributed by atoms with Gasteiger partial charge in [-0.25, -0.2) is 25.9 Å². The van der Waals surface area contributed by atoms with E-state index in [-0.39, 0.29) is 22.0 Å². The molecule has 1 aliphatic rings. The van der Waals surface area contributed by atoms with Gasteiger partial charge < -0.3 is 5.32 Å². The zero-order valence-corrected chi connectivity index (χ0v) is 19.2. The van der Waals surface area contributed by atoms with E-state index in [1.54, 1.807) is 30.3 Å². The van der Waals surface area contributed by atoms with Gasteiger partial charge >= 0.3 is 0 Å². The van der Waals surface area contributed by atoms with E-state index >= 15 is 0 Å². The first-order chi connectivity index (χ1) is 15.1. The van der Waals surface area contributed by atoms with Crippen LogP contribution in [0, 0.1) is 0 Å². The molecule has 2 N–H and O–H groups in total. The number of nitrogens with zero attached hydrogens (tertiary/aromatic N) is 1. The third-order valence-electron chi connectivity index (χ3n) is 4.68. The Labute approximate surface area is 187 Å². The molecule has 0 bridgehead atoms. The molecule has 2 amide bonds. The number of rotatable bonds is 8. The lowest BCUT2D eigenvalue weighted by Crippen LogP contribution is -2.33. The number of amides is 2. The van der Waals surface area contributed by atoms with Crippen molar-refractivity contribution in [3.05, 3.63) is 65.9 Å². The number of hydrogen-bond donors (Lipinski definition) is 2. The molecule has 2 aromatic carbocycles. The first-order valence-corrected chi connectivity index (χ1v) is 12.8. The Morgan fingerprint density at radius 3 is 2.22 bits per heavy atom. The standard InChI is InChI=1S/C21H23N3O6S2/c1-3-4-14-24-21(26)19(20(32(24,29)30)16-8-6-5-7-9-16)22-17-10-12-18(13-11-17)31(27,28)23-15(2)25/h5-13,22H,3-4,14H2,1-2H3,(H,23,25). The highest BCUT2D eigenvalue weighted by atomic mass is 32.2. The van der Waals surface area contributed by atoms with Crippen LogP contribution in [-0.2, 0) is 29.6 Å². The molecule has 0 atom stereocenters. The van der Waals surface area contributed by atoms with E-state index in [1.165, 1.54) is 24.3 Å².